The van der Waals surface area contributed by atoms with Crippen LogP contribution in [0.25, 0.3) is 0 Å². The summed E-state index contributed by atoms with van der Waals surface area (Å²) in [7, 11) is 0. The van der Waals surface area contributed by atoms with Crippen LogP contribution in [0.1, 0.15) is 43.5 Å². The van der Waals surface area contributed by atoms with Crippen LogP contribution >= 0.6 is 11.8 Å². The van der Waals surface area contributed by atoms with E-state index in [2.05, 4.69) is 32.2 Å². The lowest BCUT2D eigenvalue weighted by atomic mass is 10.2. The van der Waals surface area contributed by atoms with E-state index >= 15 is 0 Å². The minimum Gasteiger partial charge on any atom is -0.355 e. The number of carbonyl (C=O) groups excluding carboxylic acids is 1. The van der Waals surface area contributed by atoms with E-state index in [4.69, 9.17) is 0 Å². The van der Waals surface area contributed by atoms with Crippen LogP contribution in [0.15, 0.2) is 35.5 Å². The van der Waals surface area contributed by atoms with Crippen molar-refractivity contribution in [1.82, 2.24) is 20.1 Å². The molecule has 1 aliphatic rings. The van der Waals surface area contributed by atoms with E-state index in [-0.39, 0.29) is 5.91 Å². The van der Waals surface area contributed by atoms with Gasteiger partial charge in [-0.1, -0.05) is 49.0 Å². The Morgan fingerprint density at radius 2 is 2.09 bits per heavy atom. The van der Waals surface area contributed by atoms with Gasteiger partial charge >= 0.3 is 0 Å². The van der Waals surface area contributed by atoms with E-state index in [9.17, 15) is 4.79 Å². The van der Waals surface area contributed by atoms with Crippen molar-refractivity contribution in [3.8, 4) is 0 Å². The minimum atomic E-state index is 0.0547. The molecular weight excluding hydrogens is 308 g/mol. The first-order valence-corrected chi connectivity index (χ1v) is 9.13. The Balaban J connectivity index is 1.71. The Morgan fingerprint density at radius 3 is 2.78 bits per heavy atom. The molecule has 23 heavy (non-hydrogen) atoms. The van der Waals surface area contributed by atoms with Gasteiger partial charge in [-0.2, -0.15) is 0 Å². The predicted molar refractivity (Wildman–Crippen MR) is 91.6 cm³/mol. The topological polar surface area (TPSA) is 59.8 Å². The van der Waals surface area contributed by atoms with E-state index < -0.39 is 0 Å². The van der Waals surface area contributed by atoms with Crippen LogP contribution in [0.3, 0.4) is 0 Å². The maximum Gasteiger partial charge on any atom is 0.230 e. The van der Waals surface area contributed by atoms with Gasteiger partial charge in [0.05, 0.1) is 12.3 Å². The normalized spacial score (nSPS) is 14.0. The van der Waals surface area contributed by atoms with Crippen molar-refractivity contribution in [2.75, 3.05) is 12.3 Å². The summed E-state index contributed by atoms with van der Waals surface area (Å²) in [6.45, 7) is 3.54. The Labute approximate surface area is 140 Å². The molecule has 1 saturated carbocycles. The summed E-state index contributed by atoms with van der Waals surface area (Å²) in [5, 5.41) is 12.4. The van der Waals surface area contributed by atoms with Crippen molar-refractivity contribution < 1.29 is 4.79 Å². The number of amides is 1. The molecule has 0 bridgehead atoms. The van der Waals surface area contributed by atoms with Crippen LogP contribution in [-0.2, 0) is 11.3 Å². The number of nitrogens with one attached hydrogen (secondary N) is 1. The van der Waals surface area contributed by atoms with E-state index in [1.807, 2.05) is 25.1 Å². The van der Waals surface area contributed by atoms with Crippen LogP contribution in [-0.4, -0.2) is 33.0 Å². The highest BCUT2D eigenvalue weighted by Crippen LogP contribution is 2.40. The van der Waals surface area contributed by atoms with Gasteiger partial charge in [0, 0.05) is 12.5 Å². The summed E-state index contributed by atoms with van der Waals surface area (Å²) in [5.74, 6) is 2.04. The molecule has 0 unspecified atom stereocenters. The van der Waals surface area contributed by atoms with Crippen LogP contribution in [0.4, 0.5) is 0 Å². The molecule has 1 aliphatic carbocycles. The molecule has 1 N–H and O–H groups in total. The van der Waals surface area contributed by atoms with Crippen molar-refractivity contribution >= 4 is 17.7 Å². The fraction of sp³-hybridized carbons (Fsp3) is 0.471. The molecule has 1 amide bonds. The highest BCUT2D eigenvalue weighted by atomic mass is 32.2. The van der Waals surface area contributed by atoms with E-state index in [0.29, 0.717) is 11.7 Å². The van der Waals surface area contributed by atoms with Gasteiger partial charge in [-0.05, 0) is 24.8 Å². The van der Waals surface area contributed by atoms with Gasteiger partial charge in [0.15, 0.2) is 5.16 Å². The minimum absolute atomic E-state index is 0.0547. The van der Waals surface area contributed by atoms with Gasteiger partial charge in [-0.15, -0.1) is 10.2 Å². The standard InChI is InChI=1S/C17H22N4OS/c1-2-10-18-15(22)12-23-17-20-19-16(14-8-9-14)21(17)11-13-6-4-3-5-7-13/h3-7,14H,2,8-12H2,1H3,(H,18,22). The molecule has 0 spiro atoms. The molecule has 1 aromatic heterocycles. The average molecular weight is 330 g/mol. The number of benzene rings is 1. The molecule has 5 nitrogen and oxygen atoms in total. The van der Waals surface area contributed by atoms with Crippen molar-refractivity contribution in [2.45, 2.75) is 43.8 Å². The van der Waals surface area contributed by atoms with Crippen molar-refractivity contribution in [3.63, 3.8) is 0 Å². The lowest BCUT2D eigenvalue weighted by Gasteiger charge is -2.10. The zero-order valence-corrected chi connectivity index (χ0v) is 14.2. The second-order valence-electron chi connectivity index (χ2n) is 5.83. The second kappa shape index (κ2) is 7.64. The zero-order chi connectivity index (χ0) is 16.1. The smallest absolute Gasteiger partial charge is 0.230 e. The summed E-state index contributed by atoms with van der Waals surface area (Å²) in [4.78, 5) is 11.8. The molecule has 0 aliphatic heterocycles. The summed E-state index contributed by atoms with van der Waals surface area (Å²) < 4.78 is 2.17. The number of thioether (sulfide) groups is 1. The first-order valence-electron chi connectivity index (χ1n) is 8.14. The number of rotatable bonds is 8. The molecule has 3 rings (SSSR count). The first-order chi connectivity index (χ1) is 11.3. The number of carbonyl (C=O) groups is 1. The molecule has 0 atom stereocenters. The van der Waals surface area contributed by atoms with Crippen molar-refractivity contribution in [3.05, 3.63) is 41.7 Å². The number of nitrogens with zero attached hydrogens (tertiary/aromatic N) is 3. The Morgan fingerprint density at radius 1 is 1.30 bits per heavy atom. The monoisotopic (exact) mass is 330 g/mol. The predicted octanol–water partition coefficient (Wildman–Crippen LogP) is 2.82. The number of aromatic nitrogens is 3. The van der Waals surface area contributed by atoms with Gasteiger partial charge in [0.25, 0.3) is 0 Å². The third-order valence-electron chi connectivity index (χ3n) is 3.78. The summed E-state index contributed by atoms with van der Waals surface area (Å²) in [5.41, 5.74) is 1.23. The van der Waals surface area contributed by atoms with E-state index in [1.54, 1.807) is 0 Å². The lowest BCUT2D eigenvalue weighted by Crippen LogP contribution is -2.25. The highest BCUT2D eigenvalue weighted by molar-refractivity contribution is 7.99. The second-order valence-corrected chi connectivity index (χ2v) is 6.77. The number of hydrogen-bond acceptors (Lipinski definition) is 4. The molecule has 6 heteroatoms. The van der Waals surface area contributed by atoms with Crippen LogP contribution in [0.5, 0.6) is 0 Å². The fourth-order valence-electron chi connectivity index (χ4n) is 2.41. The maximum absolute atomic E-state index is 11.8. The molecule has 1 fully saturated rings. The molecule has 0 radical (unpaired) electrons. The summed E-state index contributed by atoms with van der Waals surface area (Å²) >= 11 is 1.47. The third-order valence-corrected chi connectivity index (χ3v) is 4.74. The molecule has 1 heterocycles. The van der Waals surface area contributed by atoms with Gasteiger partial charge in [-0.3, -0.25) is 4.79 Å². The molecular formula is C17H22N4OS. The Hall–Kier alpha value is -1.82. The summed E-state index contributed by atoms with van der Waals surface area (Å²) in [6.07, 6.45) is 3.33. The van der Waals surface area contributed by atoms with Gasteiger partial charge in [0.2, 0.25) is 5.91 Å². The largest absolute Gasteiger partial charge is 0.355 e. The maximum atomic E-state index is 11.8. The first kappa shape index (κ1) is 16.1. The summed E-state index contributed by atoms with van der Waals surface area (Å²) in [6, 6.07) is 10.3. The highest BCUT2D eigenvalue weighted by Gasteiger charge is 2.30. The lowest BCUT2D eigenvalue weighted by molar-refractivity contribution is -0.118. The van der Waals surface area contributed by atoms with Gasteiger partial charge < -0.3 is 9.88 Å². The van der Waals surface area contributed by atoms with Crippen LogP contribution < -0.4 is 5.32 Å². The molecule has 2 aromatic rings. The van der Waals surface area contributed by atoms with Crippen molar-refractivity contribution in [1.29, 1.82) is 0 Å². The SMILES string of the molecule is CCCNC(=O)CSc1nnc(C2CC2)n1Cc1ccccc1. The van der Waals surface area contributed by atoms with Gasteiger partial charge in [-0.25, -0.2) is 0 Å². The van der Waals surface area contributed by atoms with Crippen molar-refractivity contribution in [2.24, 2.45) is 0 Å². The van der Waals surface area contributed by atoms with Crippen LogP contribution in [0.2, 0.25) is 0 Å². The molecule has 122 valence electrons. The number of hydrogen-bond donors (Lipinski definition) is 1. The Bertz CT molecular complexity index is 652. The zero-order valence-electron chi connectivity index (χ0n) is 13.4. The van der Waals surface area contributed by atoms with Crippen LogP contribution in [0, 0.1) is 0 Å². The van der Waals surface area contributed by atoms with E-state index in [0.717, 1.165) is 30.5 Å². The van der Waals surface area contributed by atoms with E-state index in [1.165, 1.54) is 30.2 Å². The average Bonchev–Trinajstić information content (AvgIpc) is 3.34. The Kier molecular flexibility index (Phi) is 5.33. The fourth-order valence-corrected chi connectivity index (χ4v) is 3.19. The molecule has 1 aromatic carbocycles. The third kappa shape index (κ3) is 4.34. The quantitative estimate of drug-likeness (QED) is 0.756. The molecule has 0 saturated heterocycles. The van der Waals surface area contributed by atoms with Gasteiger partial charge in [0.1, 0.15) is 5.82 Å².